The fraction of sp³-hybridized carbons (Fsp3) is 0.900. The molecule has 0 aromatic rings. The van der Waals surface area contributed by atoms with E-state index in [-0.39, 0.29) is 12.1 Å². The second-order valence-electron chi connectivity index (χ2n) is 4.77. The highest BCUT2D eigenvalue weighted by Crippen LogP contribution is 2.20. The maximum Gasteiger partial charge on any atom is 0.410 e. The maximum atomic E-state index is 11.6. The van der Waals surface area contributed by atoms with Gasteiger partial charge in [-0.1, -0.05) is 0 Å². The van der Waals surface area contributed by atoms with Gasteiger partial charge in [-0.3, -0.25) is 0 Å². The lowest BCUT2D eigenvalue weighted by molar-refractivity contribution is 0.0178. The standard InChI is InChI=1S/C10H19NO3/c1-7-8(12)5-6-11(7)9(13)14-10(2,3)4/h7-8,12H,5-6H2,1-4H3. The minimum Gasteiger partial charge on any atom is -0.444 e. The maximum absolute atomic E-state index is 11.6. The van der Waals surface area contributed by atoms with Crippen molar-refractivity contribution in [1.29, 1.82) is 0 Å². The van der Waals surface area contributed by atoms with Crippen molar-refractivity contribution in [2.45, 2.75) is 51.9 Å². The average molecular weight is 201 g/mol. The number of aliphatic hydroxyl groups excluding tert-OH is 1. The van der Waals surface area contributed by atoms with Crippen LogP contribution in [0.15, 0.2) is 0 Å². The van der Waals surface area contributed by atoms with Crippen LogP contribution in [-0.4, -0.2) is 40.4 Å². The molecule has 4 heteroatoms. The van der Waals surface area contributed by atoms with Gasteiger partial charge in [-0.25, -0.2) is 4.79 Å². The van der Waals surface area contributed by atoms with Gasteiger partial charge < -0.3 is 14.7 Å². The van der Waals surface area contributed by atoms with Crippen LogP contribution in [-0.2, 0) is 4.74 Å². The summed E-state index contributed by atoms with van der Waals surface area (Å²) in [6.45, 7) is 7.92. The third-order valence-corrected chi connectivity index (χ3v) is 2.34. The van der Waals surface area contributed by atoms with Gasteiger partial charge in [0.2, 0.25) is 0 Å². The van der Waals surface area contributed by atoms with Crippen LogP contribution < -0.4 is 0 Å². The van der Waals surface area contributed by atoms with Crippen molar-refractivity contribution in [3.8, 4) is 0 Å². The molecular weight excluding hydrogens is 182 g/mol. The summed E-state index contributed by atoms with van der Waals surface area (Å²) in [7, 11) is 0. The van der Waals surface area contributed by atoms with E-state index in [4.69, 9.17) is 4.74 Å². The molecule has 1 rings (SSSR count). The molecular formula is C10H19NO3. The first-order valence-corrected chi connectivity index (χ1v) is 4.99. The molecule has 1 N–H and O–H groups in total. The molecule has 1 amide bonds. The van der Waals surface area contributed by atoms with Crippen molar-refractivity contribution in [2.75, 3.05) is 6.54 Å². The van der Waals surface area contributed by atoms with Gasteiger partial charge in [0.15, 0.2) is 0 Å². The third kappa shape index (κ3) is 2.61. The number of rotatable bonds is 0. The lowest BCUT2D eigenvalue weighted by Gasteiger charge is -2.27. The Hall–Kier alpha value is -0.770. The number of nitrogens with zero attached hydrogens (tertiary/aromatic N) is 1. The number of hydrogen-bond donors (Lipinski definition) is 1. The van der Waals surface area contributed by atoms with Gasteiger partial charge in [0.1, 0.15) is 5.60 Å². The minimum absolute atomic E-state index is 0.134. The van der Waals surface area contributed by atoms with Crippen LogP contribution in [0.4, 0.5) is 4.79 Å². The van der Waals surface area contributed by atoms with Gasteiger partial charge in [-0.2, -0.15) is 0 Å². The molecule has 2 atom stereocenters. The van der Waals surface area contributed by atoms with Gasteiger partial charge in [-0.05, 0) is 34.1 Å². The lowest BCUT2D eigenvalue weighted by atomic mass is 10.2. The third-order valence-electron chi connectivity index (χ3n) is 2.34. The molecule has 0 aromatic heterocycles. The molecule has 1 aliphatic rings. The highest BCUT2D eigenvalue weighted by Gasteiger charge is 2.34. The average Bonchev–Trinajstić information content (AvgIpc) is 2.29. The van der Waals surface area contributed by atoms with E-state index >= 15 is 0 Å². The predicted octanol–water partition coefficient (Wildman–Crippen LogP) is 1.38. The Balaban J connectivity index is 2.54. The Labute approximate surface area is 84.8 Å². The van der Waals surface area contributed by atoms with Crippen molar-refractivity contribution in [3.05, 3.63) is 0 Å². The Morgan fingerprint density at radius 2 is 2.07 bits per heavy atom. The number of aliphatic hydroxyl groups is 1. The molecule has 0 aromatic carbocycles. The second-order valence-corrected chi connectivity index (χ2v) is 4.77. The molecule has 0 aliphatic carbocycles. The zero-order chi connectivity index (χ0) is 10.9. The summed E-state index contributed by atoms with van der Waals surface area (Å²) in [5, 5.41) is 9.47. The van der Waals surface area contributed by atoms with Crippen molar-refractivity contribution in [1.82, 2.24) is 4.90 Å². The van der Waals surface area contributed by atoms with E-state index in [1.165, 1.54) is 0 Å². The number of ether oxygens (including phenoxy) is 1. The quantitative estimate of drug-likeness (QED) is 0.644. The minimum atomic E-state index is -0.468. The Bertz CT molecular complexity index is 222. The first-order valence-electron chi connectivity index (χ1n) is 4.99. The SMILES string of the molecule is CC1C(O)CCN1C(=O)OC(C)(C)C. The molecule has 0 spiro atoms. The molecule has 4 nitrogen and oxygen atoms in total. The Morgan fingerprint density at radius 3 is 2.43 bits per heavy atom. The first-order chi connectivity index (χ1) is 6.31. The van der Waals surface area contributed by atoms with E-state index in [1.54, 1.807) is 4.90 Å². The van der Waals surface area contributed by atoms with Gasteiger partial charge in [0.25, 0.3) is 0 Å². The number of hydrogen-bond acceptors (Lipinski definition) is 3. The summed E-state index contributed by atoms with van der Waals surface area (Å²) in [5.41, 5.74) is -0.468. The summed E-state index contributed by atoms with van der Waals surface area (Å²) < 4.78 is 5.22. The summed E-state index contributed by atoms with van der Waals surface area (Å²) in [6, 6.07) is -0.134. The normalized spacial score (nSPS) is 27.9. The summed E-state index contributed by atoms with van der Waals surface area (Å²) in [4.78, 5) is 13.2. The molecule has 1 saturated heterocycles. The first kappa shape index (κ1) is 11.3. The smallest absolute Gasteiger partial charge is 0.410 e. The van der Waals surface area contributed by atoms with E-state index in [1.807, 2.05) is 27.7 Å². The van der Waals surface area contributed by atoms with Crippen molar-refractivity contribution in [2.24, 2.45) is 0 Å². The number of carbonyl (C=O) groups is 1. The molecule has 0 radical (unpaired) electrons. The lowest BCUT2D eigenvalue weighted by Crippen LogP contribution is -2.40. The number of likely N-dealkylation sites (tertiary alicyclic amines) is 1. The van der Waals surface area contributed by atoms with Gasteiger partial charge in [0, 0.05) is 6.54 Å². The van der Waals surface area contributed by atoms with Gasteiger partial charge >= 0.3 is 6.09 Å². The fourth-order valence-electron chi connectivity index (χ4n) is 1.50. The molecule has 1 heterocycles. The van der Waals surface area contributed by atoms with Gasteiger partial charge in [0.05, 0.1) is 12.1 Å². The van der Waals surface area contributed by atoms with E-state index in [0.717, 1.165) is 0 Å². The van der Waals surface area contributed by atoms with Crippen LogP contribution in [0.25, 0.3) is 0 Å². The van der Waals surface area contributed by atoms with Crippen LogP contribution in [0.3, 0.4) is 0 Å². The topological polar surface area (TPSA) is 49.8 Å². The zero-order valence-corrected chi connectivity index (χ0v) is 9.28. The Morgan fingerprint density at radius 1 is 1.50 bits per heavy atom. The van der Waals surface area contributed by atoms with Gasteiger partial charge in [-0.15, -0.1) is 0 Å². The summed E-state index contributed by atoms with van der Waals surface area (Å²) in [6.07, 6.45) is -0.107. The molecule has 14 heavy (non-hydrogen) atoms. The highest BCUT2D eigenvalue weighted by atomic mass is 16.6. The number of carbonyl (C=O) groups excluding carboxylic acids is 1. The van der Waals surface area contributed by atoms with E-state index in [9.17, 15) is 9.90 Å². The largest absolute Gasteiger partial charge is 0.444 e. The molecule has 0 bridgehead atoms. The predicted molar refractivity (Wildman–Crippen MR) is 53.0 cm³/mol. The number of amides is 1. The summed E-state index contributed by atoms with van der Waals surface area (Å²) >= 11 is 0. The van der Waals surface area contributed by atoms with Crippen LogP contribution >= 0.6 is 0 Å². The molecule has 1 fully saturated rings. The van der Waals surface area contributed by atoms with Crippen LogP contribution in [0, 0.1) is 0 Å². The van der Waals surface area contributed by atoms with Crippen LogP contribution in [0.1, 0.15) is 34.1 Å². The monoisotopic (exact) mass is 201 g/mol. The van der Waals surface area contributed by atoms with E-state index < -0.39 is 11.7 Å². The molecule has 2 unspecified atom stereocenters. The molecule has 0 saturated carbocycles. The molecule has 82 valence electrons. The highest BCUT2D eigenvalue weighted by molar-refractivity contribution is 5.69. The molecule has 1 aliphatic heterocycles. The zero-order valence-electron chi connectivity index (χ0n) is 9.28. The fourth-order valence-corrected chi connectivity index (χ4v) is 1.50. The Kier molecular flexibility index (Phi) is 3.04. The van der Waals surface area contributed by atoms with Crippen molar-refractivity contribution >= 4 is 6.09 Å². The van der Waals surface area contributed by atoms with Crippen molar-refractivity contribution < 1.29 is 14.6 Å². The second kappa shape index (κ2) is 3.77. The van der Waals surface area contributed by atoms with Crippen molar-refractivity contribution in [3.63, 3.8) is 0 Å². The van der Waals surface area contributed by atoms with E-state index in [2.05, 4.69) is 0 Å². The summed E-state index contributed by atoms with van der Waals surface area (Å²) in [5.74, 6) is 0. The van der Waals surface area contributed by atoms with E-state index in [0.29, 0.717) is 13.0 Å². The van der Waals surface area contributed by atoms with Crippen LogP contribution in [0.2, 0.25) is 0 Å². The van der Waals surface area contributed by atoms with Crippen LogP contribution in [0.5, 0.6) is 0 Å².